The number of rotatable bonds is 8. The number of hydrogen-bond donors (Lipinski definition) is 2. The quantitative estimate of drug-likeness (QED) is 0.440. The topological polar surface area (TPSA) is 103 Å². The molecule has 5 rings (SSSR count). The highest BCUT2D eigenvalue weighted by molar-refractivity contribution is 5.99. The largest absolute Gasteiger partial charge is 0.481 e. The van der Waals surface area contributed by atoms with Crippen LogP contribution in [0, 0.1) is 5.92 Å². The van der Waals surface area contributed by atoms with E-state index in [0.29, 0.717) is 30.8 Å². The van der Waals surface area contributed by atoms with Crippen LogP contribution in [0.25, 0.3) is 0 Å². The molecule has 0 saturated carbocycles. The molecular formula is C30H32N4O4. The molecule has 1 fully saturated rings. The first kappa shape index (κ1) is 25.4. The number of benzene rings is 2. The van der Waals surface area contributed by atoms with Crippen LogP contribution in [0.4, 0.5) is 11.4 Å². The molecule has 1 atom stereocenters. The molecule has 2 aliphatic rings. The molecule has 8 nitrogen and oxygen atoms in total. The summed E-state index contributed by atoms with van der Waals surface area (Å²) in [6.45, 7) is 2.41. The number of nitrogens with zero attached hydrogens (tertiary/aromatic N) is 3. The summed E-state index contributed by atoms with van der Waals surface area (Å²) < 4.78 is 0. The average molecular weight is 513 g/mol. The second kappa shape index (κ2) is 11.5. The standard InChI is InChI=1S/C30H32N4O4/c35-28(36)19-27-30(38)34(15-10-21-4-2-1-3-5-21)20-24-18-23(6-7-26(24)32-27)29(37)22-11-16-33(17-12-22)25-8-13-31-14-9-25/h1-9,13-14,18,22,27,32H,10-12,15-17,19-20H2,(H,35,36). The number of piperidine rings is 1. The number of fused-ring (bicyclic) bond motifs is 1. The van der Waals surface area contributed by atoms with Crippen molar-refractivity contribution in [1.82, 2.24) is 9.88 Å². The number of carboxylic acids is 1. The zero-order valence-electron chi connectivity index (χ0n) is 21.3. The van der Waals surface area contributed by atoms with E-state index < -0.39 is 12.0 Å². The summed E-state index contributed by atoms with van der Waals surface area (Å²) in [6.07, 6.45) is 5.47. The fourth-order valence-electron chi connectivity index (χ4n) is 5.37. The Balaban J connectivity index is 1.32. The summed E-state index contributed by atoms with van der Waals surface area (Å²) in [4.78, 5) is 46.3. The molecule has 1 saturated heterocycles. The Bertz CT molecular complexity index is 1290. The number of anilines is 2. The number of amides is 1. The van der Waals surface area contributed by atoms with Crippen LogP contribution in [0.5, 0.6) is 0 Å². The van der Waals surface area contributed by atoms with E-state index in [9.17, 15) is 19.5 Å². The van der Waals surface area contributed by atoms with Gasteiger partial charge >= 0.3 is 5.97 Å². The van der Waals surface area contributed by atoms with Crippen molar-refractivity contribution in [2.75, 3.05) is 29.9 Å². The van der Waals surface area contributed by atoms with Crippen LogP contribution in [0.3, 0.4) is 0 Å². The van der Waals surface area contributed by atoms with Gasteiger partial charge in [0.1, 0.15) is 6.04 Å². The predicted molar refractivity (Wildman–Crippen MR) is 145 cm³/mol. The lowest BCUT2D eigenvalue weighted by Crippen LogP contribution is -2.42. The van der Waals surface area contributed by atoms with Crippen molar-refractivity contribution in [2.45, 2.75) is 38.3 Å². The van der Waals surface area contributed by atoms with Gasteiger partial charge in [-0.15, -0.1) is 0 Å². The maximum Gasteiger partial charge on any atom is 0.305 e. The molecule has 0 aliphatic carbocycles. The maximum atomic E-state index is 13.5. The second-order valence-corrected chi connectivity index (χ2v) is 9.99. The van der Waals surface area contributed by atoms with Crippen molar-refractivity contribution in [3.63, 3.8) is 0 Å². The van der Waals surface area contributed by atoms with Crippen LogP contribution >= 0.6 is 0 Å². The molecule has 1 unspecified atom stereocenters. The van der Waals surface area contributed by atoms with Crippen LogP contribution < -0.4 is 10.2 Å². The number of aliphatic carboxylic acids is 1. The van der Waals surface area contributed by atoms with Crippen molar-refractivity contribution < 1.29 is 19.5 Å². The number of carboxylic acid groups (broad SMARTS) is 1. The van der Waals surface area contributed by atoms with Crippen molar-refractivity contribution in [3.8, 4) is 0 Å². The fraction of sp³-hybridized carbons (Fsp3) is 0.333. The number of Topliss-reactive ketones (excluding diaryl/α,β-unsaturated/α-hetero) is 1. The predicted octanol–water partition coefficient (Wildman–Crippen LogP) is 4.02. The molecule has 2 N–H and O–H groups in total. The van der Waals surface area contributed by atoms with Crippen molar-refractivity contribution in [1.29, 1.82) is 0 Å². The van der Waals surface area contributed by atoms with Crippen LogP contribution in [-0.4, -0.2) is 58.3 Å². The van der Waals surface area contributed by atoms with E-state index in [1.807, 2.05) is 54.6 Å². The van der Waals surface area contributed by atoms with Gasteiger partial charge in [-0.2, -0.15) is 0 Å². The van der Waals surface area contributed by atoms with E-state index in [-0.39, 0.29) is 24.0 Å². The second-order valence-electron chi connectivity index (χ2n) is 9.99. The lowest BCUT2D eigenvalue weighted by Gasteiger charge is -2.33. The van der Waals surface area contributed by atoms with Crippen LogP contribution in [-0.2, 0) is 22.6 Å². The van der Waals surface area contributed by atoms with E-state index in [1.54, 1.807) is 23.4 Å². The minimum absolute atomic E-state index is 0.0551. The molecule has 0 radical (unpaired) electrons. The Hall–Kier alpha value is -4.20. The lowest BCUT2D eigenvalue weighted by atomic mass is 9.88. The SMILES string of the molecule is O=C(O)CC1Nc2ccc(C(=O)C3CCN(c4ccncc4)CC3)cc2CN(CCc2ccccc2)C1=O. The van der Waals surface area contributed by atoms with Crippen molar-refractivity contribution in [3.05, 3.63) is 89.7 Å². The van der Waals surface area contributed by atoms with Gasteiger partial charge in [0.15, 0.2) is 5.78 Å². The van der Waals surface area contributed by atoms with E-state index in [1.165, 1.54) is 0 Å². The number of hydrogen-bond acceptors (Lipinski definition) is 6. The zero-order chi connectivity index (χ0) is 26.5. The number of pyridine rings is 1. The molecule has 1 amide bonds. The molecular weight excluding hydrogens is 480 g/mol. The van der Waals surface area contributed by atoms with Crippen LogP contribution in [0.2, 0.25) is 0 Å². The van der Waals surface area contributed by atoms with Gasteiger partial charge in [0, 0.05) is 61.4 Å². The highest BCUT2D eigenvalue weighted by Crippen LogP contribution is 2.29. The lowest BCUT2D eigenvalue weighted by molar-refractivity contribution is -0.141. The molecule has 0 spiro atoms. The average Bonchev–Trinajstić information content (AvgIpc) is 3.08. The van der Waals surface area contributed by atoms with Gasteiger partial charge in [0.25, 0.3) is 0 Å². The molecule has 8 heteroatoms. The third kappa shape index (κ3) is 5.85. The Morgan fingerprint density at radius 2 is 1.74 bits per heavy atom. The fourth-order valence-corrected chi connectivity index (χ4v) is 5.37. The number of aromatic nitrogens is 1. The van der Waals surface area contributed by atoms with Crippen LogP contribution in [0.1, 0.15) is 40.7 Å². The number of nitrogens with one attached hydrogen (secondary N) is 1. The summed E-state index contributed by atoms with van der Waals surface area (Å²) in [5.41, 5.74) is 4.41. The van der Waals surface area contributed by atoms with Gasteiger partial charge in [-0.1, -0.05) is 30.3 Å². The highest BCUT2D eigenvalue weighted by atomic mass is 16.4. The van der Waals surface area contributed by atoms with E-state index >= 15 is 0 Å². The molecule has 2 aliphatic heterocycles. The minimum Gasteiger partial charge on any atom is -0.481 e. The summed E-state index contributed by atoms with van der Waals surface area (Å²) >= 11 is 0. The molecule has 196 valence electrons. The Kier molecular flexibility index (Phi) is 7.67. The molecule has 38 heavy (non-hydrogen) atoms. The monoisotopic (exact) mass is 512 g/mol. The van der Waals surface area contributed by atoms with Gasteiger partial charge in [-0.25, -0.2) is 0 Å². The summed E-state index contributed by atoms with van der Waals surface area (Å²) in [5.74, 6) is -1.21. The third-order valence-corrected chi connectivity index (χ3v) is 7.48. The number of ketones is 1. The summed E-state index contributed by atoms with van der Waals surface area (Å²) in [5, 5.41) is 12.6. The van der Waals surface area contributed by atoms with E-state index in [2.05, 4.69) is 15.2 Å². The molecule has 1 aromatic heterocycles. The van der Waals surface area contributed by atoms with Crippen molar-refractivity contribution in [2.24, 2.45) is 5.92 Å². The first-order valence-corrected chi connectivity index (χ1v) is 13.1. The Morgan fingerprint density at radius 3 is 2.45 bits per heavy atom. The van der Waals surface area contributed by atoms with Gasteiger partial charge in [-0.3, -0.25) is 19.4 Å². The minimum atomic E-state index is -1.03. The van der Waals surface area contributed by atoms with Gasteiger partial charge in [-0.05, 0) is 60.7 Å². The van der Waals surface area contributed by atoms with Crippen LogP contribution in [0.15, 0.2) is 73.1 Å². The molecule has 0 bridgehead atoms. The first-order valence-electron chi connectivity index (χ1n) is 13.1. The maximum absolute atomic E-state index is 13.5. The molecule has 2 aromatic carbocycles. The van der Waals surface area contributed by atoms with E-state index in [4.69, 9.17) is 0 Å². The summed E-state index contributed by atoms with van der Waals surface area (Å²) in [6, 6.07) is 18.5. The molecule has 3 aromatic rings. The van der Waals surface area contributed by atoms with E-state index in [0.717, 1.165) is 42.7 Å². The van der Waals surface area contributed by atoms with Crippen molar-refractivity contribution >= 4 is 29.0 Å². The third-order valence-electron chi connectivity index (χ3n) is 7.48. The zero-order valence-corrected chi connectivity index (χ0v) is 21.3. The highest BCUT2D eigenvalue weighted by Gasteiger charge is 2.32. The first-order chi connectivity index (χ1) is 18.5. The smallest absolute Gasteiger partial charge is 0.305 e. The molecule has 3 heterocycles. The number of carbonyl (C=O) groups is 3. The van der Waals surface area contributed by atoms with Gasteiger partial charge in [0.05, 0.1) is 6.42 Å². The van der Waals surface area contributed by atoms with Gasteiger partial charge < -0.3 is 20.2 Å². The number of carbonyl (C=O) groups excluding carboxylic acids is 2. The van der Waals surface area contributed by atoms with Gasteiger partial charge in [0.2, 0.25) is 5.91 Å². The Morgan fingerprint density at radius 1 is 1.00 bits per heavy atom. The normalized spacial score (nSPS) is 17.9. The summed E-state index contributed by atoms with van der Waals surface area (Å²) in [7, 11) is 0. The Labute approximate surface area is 222 Å².